The van der Waals surface area contributed by atoms with Crippen molar-refractivity contribution in [3.8, 4) is 5.75 Å². The van der Waals surface area contributed by atoms with E-state index in [1.807, 2.05) is 24.3 Å². The van der Waals surface area contributed by atoms with Gasteiger partial charge in [-0.3, -0.25) is 20.0 Å². The summed E-state index contributed by atoms with van der Waals surface area (Å²) in [6.07, 6.45) is 0. The van der Waals surface area contributed by atoms with Gasteiger partial charge in [-0.05, 0) is 12.1 Å². The summed E-state index contributed by atoms with van der Waals surface area (Å²) in [5.74, 6) is 0.431. The molecule has 0 aliphatic carbocycles. The largest absolute Gasteiger partial charge is 0.496 e. The Labute approximate surface area is 160 Å². The number of methoxy groups -OCH3 is 1. The Kier molecular flexibility index (Phi) is 4.66. The van der Waals surface area contributed by atoms with Crippen molar-refractivity contribution in [2.24, 2.45) is 0 Å². The lowest BCUT2D eigenvalue weighted by Gasteiger charge is -2.36. The van der Waals surface area contributed by atoms with Gasteiger partial charge in [-0.25, -0.2) is 0 Å². The average molecular weight is 381 g/mol. The van der Waals surface area contributed by atoms with E-state index in [1.165, 1.54) is 12.1 Å². The summed E-state index contributed by atoms with van der Waals surface area (Å²) in [6, 6.07) is 11.7. The summed E-state index contributed by atoms with van der Waals surface area (Å²) < 4.78 is 5.47. The molecule has 28 heavy (non-hydrogen) atoms. The third-order valence-electron chi connectivity index (χ3n) is 4.96. The second kappa shape index (κ2) is 7.28. The number of non-ortho nitro benzene ring substituents is 1. The van der Waals surface area contributed by atoms with Gasteiger partial charge in [0.15, 0.2) is 5.69 Å². The highest BCUT2D eigenvalue weighted by molar-refractivity contribution is 6.05. The lowest BCUT2D eigenvalue weighted by atomic mass is 10.0. The molecule has 9 nitrogen and oxygen atoms in total. The first-order chi connectivity index (χ1) is 13.6. The molecule has 0 saturated carbocycles. The predicted octanol–water partition coefficient (Wildman–Crippen LogP) is 2.27. The highest BCUT2D eigenvalue weighted by atomic mass is 16.6. The number of nitrogens with one attached hydrogen (secondary N) is 2. The van der Waals surface area contributed by atoms with Crippen LogP contribution < -0.4 is 10.1 Å². The van der Waals surface area contributed by atoms with Crippen molar-refractivity contribution in [3.05, 3.63) is 63.8 Å². The molecule has 2 heterocycles. The van der Waals surface area contributed by atoms with Crippen molar-refractivity contribution in [1.29, 1.82) is 0 Å². The molecule has 1 saturated heterocycles. The lowest BCUT2D eigenvalue weighted by Crippen LogP contribution is -2.48. The van der Waals surface area contributed by atoms with Crippen molar-refractivity contribution in [2.45, 2.75) is 6.04 Å². The number of rotatable bonds is 4. The van der Waals surface area contributed by atoms with Gasteiger partial charge in [0.25, 0.3) is 11.6 Å². The van der Waals surface area contributed by atoms with Crippen molar-refractivity contribution < 1.29 is 14.5 Å². The maximum atomic E-state index is 13.3. The number of fused-ring (bicyclic) bond motifs is 1. The summed E-state index contributed by atoms with van der Waals surface area (Å²) >= 11 is 0. The molecule has 1 aliphatic rings. The zero-order chi connectivity index (χ0) is 19.7. The maximum absolute atomic E-state index is 13.3. The van der Waals surface area contributed by atoms with Gasteiger partial charge in [-0.15, -0.1) is 0 Å². The van der Waals surface area contributed by atoms with Crippen LogP contribution in [-0.4, -0.2) is 52.7 Å². The van der Waals surface area contributed by atoms with Crippen LogP contribution in [0.5, 0.6) is 5.75 Å². The van der Waals surface area contributed by atoms with E-state index in [9.17, 15) is 14.9 Å². The number of H-pyrrole nitrogens is 1. The number of hydrogen-bond donors (Lipinski definition) is 2. The number of ether oxygens (including phenoxy) is 1. The summed E-state index contributed by atoms with van der Waals surface area (Å²) in [5.41, 5.74) is 1.58. The van der Waals surface area contributed by atoms with Crippen LogP contribution in [0, 0.1) is 10.1 Å². The third-order valence-corrected chi connectivity index (χ3v) is 4.96. The van der Waals surface area contributed by atoms with Crippen LogP contribution in [-0.2, 0) is 0 Å². The first-order valence-electron chi connectivity index (χ1n) is 8.87. The fourth-order valence-corrected chi connectivity index (χ4v) is 3.58. The summed E-state index contributed by atoms with van der Waals surface area (Å²) in [7, 11) is 1.60. The Balaban J connectivity index is 1.74. The molecule has 0 radical (unpaired) electrons. The number of nitro groups is 1. The van der Waals surface area contributed by atoms with E-state index in [2.05, 4.69) is 15.5 Å². The monoisotopic (exact) mass is 381 g/mol. The molecule has 144 valence electrons. The number of amides is 1. The topological polar surface area (TPSA) is 113 Å². The second-order valence-corrected chi connectivity index (χ2v) is 6.52. The van der Waals surface area contributed by atoms with E-state index in [1.54, 1.807) is 18.1 Å². The molecule has 1 amide bonds. The molecule has 1 aromatic heterocycles. The Hall–Kier alpha value is -3.46. The number of carbonyl (C=O) groups is 1. The Morgan fingerprint density at radius 2 is 2.14 bits per heavy atom. The number of piperazine rings is 1. The molecular weight excluding hydrogens is 362 g/mol. The number of aromatic nitrogens is 2. The number of carbonyl (C=O) groups excluding carboxylic acids is 1. The Morgan fingerprint density at radius 3 is 2.93 bits per heavy atom. The van der Waals surface area contributed by atoms with Gasteiger partial charge in [-0.1, -0.05) is 18.2 Å². The van der Waals surface area contributed by atoms with E-state index in [4.69, 9.17) is 4.74 Å². The van der Waals surface area contributed by atoms with Crippen LogP contribution in [0.3, 0.4) is 0 Å². The molecule has 1 aliphatic heterocycles. The standard InChI is InChI=1S/C19H19N5O4/c1-28-17-5-3-2-4-13(17)16-11-20-8-9-23(16)19(25)18-14-10-12(24(26)27)6-7-15(14)21-22-18/h2-7,10,16,20H,8-9,11H2,1H3,(H,21,22). The molecule has 1 unspecified atom stereocenters. The number of hydrogen-bond acceptors (Lipinski definition) is 6. The zero-order valence-electron chi connectivity index (χ0n) is 15.2. The van der Waals surface area contributed by atoms with Gasteiger partial charge >= 0.3 is 0 Å². The van der Waals surface area contributed by atoms with Crippen LogP contribution in [0.1, 0.15) is 22.1 Å². The van der Waals surface area contributed by atoms with Gasteiger partial charge in [-0.2, -0.15) is 5.10 Å². The van der Waals surface area contributed by atoms with Crippen LogP contribution in [0.4, 0.5) is 5.69 Å². The number of aromatic amines is 1. The normalized spacial score (nSPS) is 16.9. The third kappa shape index (κ3) is 3.05. The summed E-state index contributed by atoms with van der Waals surface area (Å²) in [4.78, 5) is 25.7. The minimum Gasteiger partial charge on any atom is -0.496 e. The number of nitrogens with zero attached hydrogens (tertiary/aromatic N) is 3. The van der Waals surface area contributed by atoms with E-state index in [0.29, 0.717) is 36.3 Å². The van der Waals surface area contributed by atoms with Crippen LogP contribution in [0.2, 0.25) is 0 Å². The number of para-hydroxylation sites is 1. The molecule has 4 rings (SSSR count). The van der Waals surface area contributed by atoms with Crippen molar-refractivity contribution in [1.82, 2.24) is 20.4 Å². The van der Waals surface area contributed by atoms with E-state index in [0.717, 1.165) is 5.56 Å². The van der Waals surface area contributed by atoms with Crippen LogP contribution in [0.15, 0.2) is 42.5 Å². The highest BCUT2D eigenvalue weighted by Crippen LogP contribution is 2.32. The summed E-state index contributed by atoms with van der Waals surface area (Å²) in [6.45, 7) is 1.72. The zero-order valence-corrected chi connectivity index (χ0v) is 15.2. The fourth-order valence-electron chi connectivity index (χ4n) is 3.58. The molecule has 1 atom stereocenters. The van der Waals surface area contributed by atoms with Gasteiger partial charge < -0.3 is 15.0 Å². The van der Waals surface area contributed by atoms with E-state index >= 15 is 0 Å². The first kappa shape index (κ1) is 17.9. The molecule has 9 heteroatoms. The average Bonchev–Trinajstić information content (AvgIpc) is 3.16. The molecular formula is C19H19N5O4. The van der Waals surface area contributed by atoms with E-state index in [-0.39, 0.29) is 23.3 Å². The van der Waals surface area contributed by atoms with Gasteiger partial charge in [0, 0.05) is 42.7 Å². The van der Waals surface area contributed by atoms with Crippen LogP contribution in [0.25, 0.3) is 10.9 Å². The quantitative estimate of drug-likeness (QED) is 0.529. The lowest BCUT2D eigenvalue weighted by molar-refractivity contribution is -0.384. The second-order valence-electron chi connectivity index (χ2n) is 6.52. The first-order valence-corrected chi connectivity index (χ1v) is 8.87. The Bertz CT molecular complexity index is 1050. The smallest absolute Gasteiger partial charge is 0.275 e. The maximum Gasteiger partial charge on any atom is 0.275 e. The van der Waals surface area contributed by atoms with Crippen LogP contribution >= 0.6 is 0 Å². The van der Waals surface area contributed by atoms with Crippen molar-refractivity contribution in [3.63, 3.8) is 0 Å². The molecule has 3 aromatic rings. The molecule has 1 fully saturated rings. The minimum absolute atomic E-state index is 0.0791. The predicted molar refractivity (Wildman–Crippen MR) is 102 cm³/mol. The highest BCUT2D eigenvalue weighted by Gasteiger charge is 2.32. The molecule has 0 bridgehead atoms. The number of nitro benzene ring substituents is 1. The molecule has 2 N–H and O–H groups in total. The minimum atomic E-state index is -0.483. The molecule has 2 aromatic carbocycles. The van der Waals surface area contributed by atoms with Gasteiger partial charge in [0.2, 0.25) is 0 Å². The van der Waals surface area contributed by atoms with E-state index < -0.39 is 4.92 Å². The number of benzene rings is 2. The van der Waals surface area contributed by atoms with Crippen molar-refractivity contribution >= 4 is 22.5 Å². The summed E-state index contributed by atoms with van der Waals surface area (Å²) in [5, 5.41) is 21.8. The van der Waals surface area contributed by atoms with Gasteiger partial charge in [0.1, 0.15) is 5.75 Å². The van der Waals surface area contributed by atoms with Gasteiger partial charge in [0.05, 0.1) is 23.6 Å². The SMILES string of the molecule is COc1ccccc1C1CNCCN1C(=O)c1n[nH]c2ccc([N+](=O)[O-])cc12. The van der Waals surface area contributed by atoms with Crippen molar-refractivity contribution in [2.75, 3.05) is 26.7 Å². The molecule has 0 spiro atoms. The fraction of sp³-hybridized carbons (Fsp3) is 0.263. The Morgan fingerprint density at radius 1 is 1.32 bits per heavy atom.